The number of nitrogens with zero attached hydrogens (tertiary/aromatic N) is 1. The number of hydrogen-bond acceptors (Lipinski definition) is 2. The number of ether oxygens (including phenoxy) is 1. The Bertz CT molecular complexity index is 287. The van der Waals surface area contributed by atoms with Gasteiger partial charge < -0.3 is 4.74 Å². The van der Waals surface area contributed by atoms with Crippen LogP contribution in [0, 0.1) is 0 Å². The van der Waals surface area contributed by atoms with Crippen LogP contribution in [-0.2, 0) is 5.41 Å². The largest absolute Gasteiger partial charge is 0.444 e. The Morgan fingerprint density at radius 3 is 2.36 bits per heavy atom. The highest BCUT2D eigenvalue weighted by molar-refractivity contribution is 5.23. The molecule has 0 fully saturated rings. The fourth-order valence-corrected chi connectivity index (χ4v) is 1.06. The van der Waals surface area contributed by atoms with Crippen molar-refractivity contribution in [3.05, 3.63) is 23.9 Å². The maximum Gasteiger partial charge on any atom is 0.237 e. The number of alkyl halides is 1. The molecule has 2 nitrogen and oxygen atoms in total. The van der Waals surface area contributed by atoms with Crippen LogP contribution in [0.1, 0.15) is 33.3 Å². The lowest BCUT2D eigenvalue weighted by molar-refractivity contribution is 0.0809. The SMILES string of the molecule is CC(F)Oc1ccc(C(C)(C)C)cn1. The highest BCUT2D eigenvalue weighted by Crippen LogP contribution is 2.22. The summed E-state index contributed by atoms with van der Waals surface area (Å²) >= 11 is 0. The zero-order valence-corrected chi connectivity index (χ0v) is 9.04. The van der Waals surface area contributed by atoms with Crippen molar-refractivity contribution in [2.75, 3.05) is 0 Å². The molecule has 0 spiro atoms. The first-order valence-electron chi connectivity index (χ1n) is 4.67. The van der Waals surface area contributed by atoms with Crippen LogP contribution in [0.5, 0.6) is 5.88 Å². The summed E-state index contributed by atoms with van der Waals surface area (Å²) in [7, 11) is 0. The van der Waals surface area contributed by atoms with Gasteiger partial charge in [0.05, 0.1) is 0 Å². The van der Waals surface area contributed by atoms with E-state index in [1.165, 1.54) is 6.92 Å². The van der Waals surface area contributed by atoms with Crippen molar-refractivity contribution in [2.45, 2.75) is 39.5 Å². The molecule has 0 N–H and O–H groups in total. The molecule has 1 unspecified atom stereocenters. The van der Waals surface area contributed by atoms with Crippen LogP contribution in [0.2, 0.25) is 0 Å². The Hall–Kier alpha value is -1.12. The van der Waals surface area contributed by atoms with Crippen molar-refractivity contribution in [1.29, 1.82) is 0 Å². The minimum Gasteiger partial charge on any atom is -0.444 e. The van der Waals surface area contributed by atoms with Crippen molar-refractivity contribution in [3.8, 4) is 5.88 Å². The fourth-order valence-electron chi connectivity index (χ4n) is 1.06. The maximum absolute atomic E-state index is 12.5. The molecular formula is C11H16FNO. The third-order valence-electron chi connectivity index (χ3n) is 1.89. The van der Waals surface area contributed by atoms with E-state index in [2.05, 4.69) is 25.8 Å². The maximum atomic E-state index is 12.5. The molecule has 0 radical (unpaired) electrons. The fraction of sp³-hybridized carbons (Fsp3) is 0.545. The molecule has 1 aromatic heterocycles. The summed E-state index contributed by atoms with van der Waals surface area (Å²) in [5, 5.41) is 0. The van der Waals surface area contributed by atoms with E-state index < -0.39 is 6.36 Å². The van der Waals surface area contributed by atoms with E-state index in [0.29, 0.717) is 5.88 Å². The minimum absolute atomic E-state index is 0.0624. The molecule has 0 saturated carbocycles. The smallest absolute Gasteiger partial charge is 0.237 e. The van der Waals surface area contributed by atoms with Crippen molar-refractivity contribution >= 4 is 0 Å². The molecule has 14 heavy (non-hydrogen) atoms. The molecule has 0 saturated heterocycles. The summed E-state index contributed by atoms with van der Waals surface area (Å²) in [6.07, 6.45) is 0.403. The first-order valence-corrected chi connectivity index (χ1v) is 4.67. The summed E-state index contributed by atoms with van der Waals surface area (Å²) < 4.78 is 17.3. The topological polar surface area (TPSA) is 22.1 Å². The van der Waals surface area contributed by atoms with E-state index in [1.807, 2.05) is 6.07 Å². The van der Waals surface area contributed by atoms with Gasteiger partial charge in [-0.25, -0.2) is 9.37 Å². The van der Waals surface area contributed by atoms with Gasteiger partial charge in [0.15, 0.2) is 0 Å². The normalized spacial score (nSPS) is 13.8. The molecule has 1 atom stereocenters. The Morgan fingerprint density at radius 1 is 1.36 bits per heavy atom. The van der Waals surface area contributed by atoms with Gasteiger partial charge in [-0.2, -0.15) is 0 Å². The van der Waals surface area contributed by atoms with Gasteiger partial charge in [0.1, 0.15) is 0 Å². The van der Waals surface area contributed by atoms with Gasteiger partial charge in [0.25, 0.3) is 0 Å². The standard InChI is InChI=1S/C11H16FNO/c1-8(12)14-10-6-5-9(7-13-10)11(2,3)4/h5-8H,1-4H3. The molecule has 0 aliphatic rings. The molecule has 0 aliphatic heterocycles. The second-order valence-corrected chi connectivity index (χ2v) is 4.30. The zero-order chi connectivity index (χ0) is 10.8. The van der Waals surface area contributed by atoms with E-state index >= 15 is 0 Å². The highest BCUT2D eigenvalue weighted by atomic mass is 19.1. The molecule has 0 aromatic carbocycles. The second kappa shape index (κ2) is 3.95. The lowest BCUT2D eigenvalue weighted by atomic mass is 9.88. The molecule has 0 amide bonds. The summed E-state index contributed by atoms with van der Waals surface area (Å²) in [4.78, 5) is 4.02. The third kappa shape index (κ3) is 2.98. The molecule has 3 heteroatoms. The molecule has 1 heterocycles. The molecule has 1 aromatic rings. The molecule has 78 valence electrons. The third-order valence-corrected chi connectivity index (χ3v) is 1.89. The number of rotatable bonds is 2. The molecule has 1 rings (SSSR count). The van der Waals surface area contributed by atoms with Crippen LogP contribution >= 0.6 is 0 Å². The van der Waals surface area contributed by atoms with Crippen LogP contribution in [0.4, 0.5) is 4.39 Å². The molecular weight excluding hydrogens is 181 g/mol. The summed E-state index contributed by atoms with van der Waals surface area (Å²) in [6.45, 7) is 7.63. The molecule has 0 aliphatic carbocycles. The van der Waals surface area contributed by atoms with E-state index in [1.54, 1.807) is 12.3 Å². The van der Waals surface area contributed by atoms with Gasteiger partial charge in [-0.1, -0.05) is 26.8 Å². The lowest BCUT2D eigenvalue weighted by Gasteiger charge is -2.18. The van der Waals surface area contributed by atoms with Crippen molar-refractivity contribution < 1.29 is 9.13 Å². The zero-order valence-electron chi connectivity index (χ0n) is 9.04. The summed E-state index contributed by atoms with van der Waals surface area (Å²) in [5.41, 5.74) is 1.17. The average Bonchev–Trinajstić information content (AvgIpc) is 2.02. The second-order valence-electron chi connectivity index (χ2n) is 4.30. The highest BCUT2D eigenvalue weighted by Gasteiger charge is 2.14. The van der Waals surface area contributed by atoms with Gasteiger partial charge >= 0.3 is 0 Å². The summed E-state index contributed by atoms with van der Waals surface area (Å²) in [5.74, 6) is 0.327. The van der Waals surface area contributed by atoms with Gasteiger partial charge in [0, 0.05) is 19.2 Å². The van der Waals surface area contributed by atoms with Crippen LogP contribution in [-0.4, -0.2) is 11.3 Å². The van der Waals surface area contributed by atoms with Crippen LogP contribution in [0.25, 0.3) is 0 Å². The number of hydrogen-bond donors (Lipinski definition) is 0. The lowest BCUT2D eigenvalue weighted by Crippen LogP contribution is -2.12. The predicted octanol–water partition coefficient (Wildman–Crippen LogP) is 3.07. The van der Waals surface area contributed by atoms with Crippen molar-refractivity contribution in [3.63, 3.8) is 0 Å². The Balaban J connectivity index is 2.79. The minimum atomic E-state index is -1.32. The Labute approximate surface area is 84.1 Å². The van der Waals surface area contributed by atoms with E-state index in [-0.39, 0.29) is 5.41 Å². The van der Waals surface area contributed by atoms with Gasteiger partial charge in [-0.3, -0.25) is 0 Å². The predicted molar refractivity (Wildman–Crippen MR) is 54.1 cm³/mol. The first kappa shape index (κ1) is 11.0. The van der Waals surface area contributed by atoms with Crippen molar-refractivity contribution in [1.82, 2.24) is 4.98 Å². The van der Waals surface area contributed by atoms with Crippen LogP contribution < -0.4 is 4.74 Å². The van der Waals surface area contributed by atoms with E-state index in [9.17, 15) is 4.39 Å². The Morgan fingerprint density at radius 2 is 2.00 bits per heavy atom. The van der Waals surface area contributed by atoms with Gasteiger partial charge in [-0.05, 0) is 11.0 Å². The van der Waals surface area contributed by atoms with Crippen LogP contribution in [0.3, 0.4) is 0 Å². The average molecular weight is 197 g/mol. The number of halogens is 1. The van der Waals surface area contributed by atoms with Crippen molar-refractivity contribution in [2.24, 2.45) is 0 Å². The first-order chi connectivity index (χ1) is 6.39. The number of aromatic nitrogens is 1. The molecule has 0 bridgehead atoms. The van der Waals surface area contributed by atoms with Gasteiger partial charge in [-0.15, -0.1) is 0 Å². The quantitative estimate of drug-likeness (QED) is 0.726. The van der Waals surface area contributed by atoms with E-state index in [4.69, 9.17) is 4.74 Å². The monoisotopic (exact) mass is 197 g/mol. The van der Waals surface area contributed by atoms with Gasteiger partial charge in [0.2, 0.25) is 12.2 Å². The van der Waals surface area contributed by atoms with Crippen LogP contribution in [0.15, 0.2) is 18.3 Å². The number of pyridine rings is 1. The van der Waals surface area contributed by atoms with E-state index in [0.717, 1.165) is 5.56 Å². The summed E-state index contributed by atoms with van der Waals surface area (Å²) in [6, 6.07) is 3.60. The Kier molecular flexibility index (Phi) is 3.09.